The van der Waals surface area contributed by atoms with E-state index >= 15 is 0 Å². The first kappa shape index (κ1) is 12.1. The molecule has 5 nitrogen and oxygen atoms in total. The predicted octanol–water partition coefficient (Wildman–Crippen LogP) is -1.62. The highest BCUT2D eigenvalue weighted by molar-refractivity contribution is 5.73. The second-order valence-corrected chi connectivity index (χ2v) is 2.39. The molecule has 5 N–H and O–H groups in total. The lowest BCUT2D eigenvalue weighted by Gasteiger charge is -2.19. The zero-order valence-corrected chi connectivity index (χ0v) is 5.83. The predicted molar refractivity (Wildman–Crippen MR) is 33.6 cm³/mol. The molecule has 10 heavy (non-hydrogen) atoms. The van der Waals surface area contributed by atoms with Gasteiger partial charge in [-0.1, -0.05) is 0 Å². The molecule has 0 spiro atoms. The summed E-state index contributed by atoms with van der Waals surface area (Å²) < 4.78 is 0. The van der Waals surface area contributed by atoms with Crippen molar-refractivity contribution < 1.29 is 25.6 Å². The Kier molecular flexibility index (Phi) is 4.23. The highest BCUT2D eigenvalue weighted by atomic mass is 16.4. The minimum atomic E-state index is -1.71. The van der Waals surface area contributed by atoms with Gasteiger partial charge < -0.3 is 20.8 Å². The number of hydrogen-bond acceptors (Lipinski definition) is 3. The third-order valence-corrected chi connectivity index (χ3v) is 0.903. The molecular formula is C5H12O5. The Morgan fingerprint density at radius 1 is 1.50 bits per heavy atom. The summed E-state index contributed by atoms with van der Waals surface area (Å²) in [6, 6.07) is 0. The van der Waals surface area contributed by atoms with Crippen LogP contribution in [0.25, 0.3) is 0 Å². The minimum Gasteiger partial charge on any atom is -0.479 e. The molecule has 0 aromatic carbocycles. The topological polar surface area (TPSA) is 109 Å². The van der Waals surface area contributed by atoms with E-state index in [0.717, 1.165) is 0 Å². The number of rotatable bonds is 2. The number of aliphatic hydroxyl groups is 2. The van der Waals surface area contributed by atoms with Crippen molar-refractivity contribution in [1.29, 1.82) is 0 Å². The van der Waals surface area contributed by atoms with Crippen molar-refractivity contribution in [1.82, 2.24) is 0 Å². The maximum Gasteiger partial charge on any atom is 0.335 e. The Morgan fingerprint density at radius 3 is 1.80 bits per heavy atom. The quantitative estimate of drug-likeness (QED) is 0.441. The van der Waals surface area contributed by atoms with Gasteiger partial charge in [0.05, 0.1) is 5.60 Å². The summed E-state index contributed by atoms with van der Waals surface area (Å²) in [7, 11) is 0. The SMILES string of the molecule is CC(C)(O)C(O)C(=O)O.O. The first-order valence-corrected chi connectivity index (χ1v) is 2.49. The van der Waals surface area contributed by atoms with Crippen LogP contribution in [-0.2, 0) is 4.79 Å². The molecule has 1 unspecified atom stereocenters. The van der Waals surface area contributed by atoms with E-state index in [4.69, 9.17) is 15.3 Å². The van der Waals surface area contributed by atoms with Crippen molar-refractivity contribution in [2.75, 3.05) is 0 Å². The van der Waals surface area contributed by atoms with Crippen molar-refractivity contribution in [3.8, 4) is 0 Å². The van der Waals surface area contributed by atoms with E-state index in [1.54, 1.807) is 0 Å². The zero-order valence-electron chi connectivity index (χ0n) is 5.83. The van der Waals surface area contributed by atoms with Gasteiger partial charge in [0, 0.05) is 0 Å². The number of carbonyl (C=O) groups is 1. The number of aliphatic hydroxyl groups excluding tert-OH is 1. The highest BCUT2D eigenvalue weighted by Gasteiger charge is 2.30. The molecule has 0 amide bonds. The van der Waals surface area contributed by atoms with Gasteiger partial charge in [0.15, 0.2) is 6.10 Å². The summed E-state index contributed by atoms with van der Waals surface area (Å²) in [5.41, 5.74) is -1.56. The Labute approximate surface area is 58.2 Å². The molecule has 0 fully saturated rings. The summed E-state index contributed by atoms with van der Waals surface area (Å²) in [5.74, 6) is -1.41. The van der Waals surface area contributed by atoms with Crippen LogP contribution < -0.4 is 0 Å². The lowest BCUT2D eigenvalue weighted by molar-refractivity contribution is -0.159. The smallest absolute Gasteiger partial charge is 0.335 e. The van der Waals surface area contributed by atoms with Gasteiger partial charge in [-0.25, -0.2) is 4.79 Å². The van der Waals surface area contributed by atoms with Crippen molar-refractivity contribution >= 4 is 5.97 Å². The van der Waals surface area contributed by atoms with E-state index in [2.05, 4.69) is 0 Å². The van der Waals surface area contributed by atoms with Crippen molar-refractivity contribution in [3.63, 3.8) is 0 Å². The van der Waals surface area contributed by atoms with E-state index < -0.39 is 17.7 Å². The molecule has 62 valence electrons. The number of carboxylic acids is 1. The molecular weight excluding hydrogens is 140 g/mol. The monoisotopic (exact) mass is 152 g/mol. The first-order chi connectivity index (χ1) is 3.85. The van der Waals surface area contributed by atoms with Gasteiger partial charge >= 0.3 is 5.97 Å². The van der Waals surface area contributed by atoms with Crippen LogP contribution in [0.4, 0.5) is 0 Å². The molecule has 0 radical (unpaired) electrons. The molecule has 5 heteroatoms. The molecule has 0 heterocycles. The highest BCUT2D eigenvalue weighted by Crippen LogP contribution is 2.07. The first-order valence-electron chi connectivity index (χ1n) is 2.49. The van der Waals surface area contributed by atoms with Crippen LogP contribution in [0.2, 0.25) is 0 Å². The van der Waals surface area contributed by atoms with Gasteiger partial charge in [-0.3, -0.25) is 0 Å². The minimum absolute atomic E-state index is 0. The second-order valence-electron chi connectivity index (χ2n) is 2.39. The van der Waals surface area contributed by atoms with Gasteiger partial charge in [0.2, 0.25) is 0 Å². The Balaban J connectivity index is 0. The Bertz CT molecular complexity index is 114. The Morgan fingerprint density at radius 2 is 1.80 bits per heavy atom. The second kappa shape index (κ2) is 3.50. The van der Waals surface area contributed by atoms with Crippen molar-refractivity contribution in [3.05, 3.63) is 0 Å². The van der Waals surface area contributed by atoms with E-state index in [-0.39, 0.29) is 5.48 Å². The molecule has 0 rings (SSSR count). The third-order valence-electron chi connectivity index (χ3n) is 0.903. The van der Waals surface area contributed by atoms with E-state index in [9.17, 15) is 4.79 Å². The molecule has 0 aliphatic carbocycles. The lowest BCUT2D eigenvalue weighted by atomic mass is 10.0. The molecule has 0 saturated carbocycles. The van der Waals surface area contributed by atoms with Crippen LogP contribution in [0.15, 0.2) is 0 Å². The lowest BCUT2D eigenvalue weighted by Crippen LogP contribution is -2.41. The summed E-state index contributed by atoms with van der Waals surface area (Å²) in [6.07, 6.45) is -1.71. The van der Waals surface area contributed by atoms with Crippen LogP contribution in [0, 0.1) is 0 Å². The largest absolute Gasteiger partial charge is 0.479 e. The van der Waals surface area contributed by atoms with Gasteiger partial charge in [0.25, 0.3) is 0 Å². The maximum atomic E-state index is 9.94. The van der Waals surface area contributed by atoms with Crippen LogP contribution in [0.1, 0.15) is 13.8 Å². The summed E-state index contributed by atoms with van der Waals surface area (Å²) in [5, 5.41) is 25.5. The summed E-state index contributed by atoms with van der Waals surface area (Å²) in [4.78, 5) is 9.94. The third kappa shape index (κ3) is 3.39. The standard InChI is InChI=1S/C5H10O4.H2O/c1-5(2,9)3(6)4(7)8;/h3,6,9H,1-2H3,(H,7,8);1H2. The van der Waals surface area contributed by atoms with Gasteiger partial charge in [0.1, 0.15) is 0 Å². The normalized spacial score (nSPS) is 13.6. The zero-order chi connectivity index (χ0) is 7.65. The fraction of sp³-hybridized carbons (Fsp3) is 0.800. The number of aliphatic carboxylic acids is 1. The molecule has 0 bridgehead atoms. The molecule has 0 aromatic rings. The fourth-order valence-corrected chi connectivity index (χ4v) is 0.302. The van der Waals surface area contributed by atoms with Crippen LogP contribution in [-0.4, -0.2) is 38.5 Å². The van der Waals surface area contributed by atoms with Crippen LogP contribution >= 0.6 is 0 Å². The van der Waals surface area contributed by atoms with Gasteiger partial charge in [-0.05, 0) is 13.8 Å². The van der Waals surface area contributed by atoms with Gasteiger partial charge in [-0.2, -0.15) is 0 Å². The Hall–Kier alpha value is -0.650. The molecule has 0 aromatic heterocycles. The van der Waals surface area contributed by atoms with Crippen LogP contribution in [0.5, 0.6) is 0 Å². The van der Waals surface area contributed by atoms with E-state index in [1.807, 2.05) is 0 Å². The molecule has 0 aliphatic rings. The summed E-state index contributed by atoms with van der Waals surface area (Å²) >= 11 is 0. The fourth-order valence-electron chi connectivity index (χ4n) is 0.302. The maximum absolute atomic E-state index is 9.94. The van der Waals surface area contributed by atoms with Crippen LogP contribution in [0.3, 0.4) is 0 Å². The van der Waals surface area contributed by atoms with Gasteiger partial charge in [-0.15, -0.1) is 0 Å². The van der Waals surface area contributed by atoms with E-state index in [1.165, 1.54) is 13.8 Å². The number of hydrogen-bond donors (Lipinski definition) is 3. The molecule has 0 saturated heterocycles. The van der Waals surface area contributed by atoms with E-state index in [0.29, 0.717) is 0 Å². The average molecular weight is 152 g/mol. The molecule has 0 aliphatic heterocycles. The van der Waals surface area contributed by atoms with Crippen molar-refractivity contribution in [2.45, 2.75) is 25.6 Å². The molecule has 1 atom stereocenters. The number of carboxylic acid groups (broad SMARTS) is 1. The van der Waals surface area contributed by atoms with Crippen molar-refractivity contribution in [2.24, 2.45) is 0 Å². The summed E-state index contributed by atoms with van der Waals surface area (Å²) in [6.45, 7) is 2.46. The average Bonchev–Trinajstić information content (AvgIpc) is 1.62.